The Balaban J connectivity index is 1.51. The Labute approximate surface area is 187 Å². The molecule has 0 saturated carbocycles. The van der Waals surface area contributed by atoms with E-state index < -0.39 is 0 Å². The fraction of sp³-hybridized carbons (Fsp3) is 0.103. The predicted molar refractivity (Wildman–Crippen MR) is 127 cm³/mol. The monoisotopic (exact) mass is 414 g/mol. The normalized spacial score (nSPS) is 18.5. The highest BCUT2D eigenvalue weighted by molar-refractivity contribution is 5.68. The maximum absolute atomic E-state index is 6.23. The molecular weight excluding hydrogens is 392 g/mol. The van der Waals surface area contributed by atoms with Crippen molar-refractivity contribution >= 4 is 0 Å². The van der Waals surface area contributed by atoms with E-state index in [9.17, 15) is 0 Å². The molecule has 0 spiro atoms. The van der Waals surface area contributed by atoms with E-state index in [-0.39, 0.29) is 11.8 Å². The molecule has 2 heterocycles. The number of ether oxygens (including phenoxy) is 1. The second-order valence-electron chi connectivity index (χ2n) is 8.33. The summed E-state index contributed by atoms with van der Waals surface area (Å²) in [6, 6.07) is 29.2. The van der Waals surface area contributed by atoms with Crippen LogP contribution in [0.3, 0.4) is 0 Å². The third-order valence-corrected chi connectivity index (χ3v) is 6.16. The van der Waals surface area contributed by atoms with Crippen LogP contribution in [0.5, 0.6) is 5.75 Å². The molecule has 0 fully saturated rings. The van der Waals surface area contributed by atoms with Gasteiger partial charge in [-0.25, -0.2) is 9.97 Å². The highest BCUT2D eigenvalue weighted by Crippen LogP contribution is 2.50. The van der Waals surface area contributed by atoms with Gasteiger partial charge in [-0.15, -0.1) is 0 Å². The number of benzene rings is 3. The van der Waals surface area contributed by atoms with Crippen LogP contribution in [0.4, 0.5) is 0 Å². The van der Waals surface area contributed by atoms with Crippen molar-refractivity contribution in [3.8, 4) is 28.3 Å². The molecule has 4 aromatic rings. The van der Waals surface area contributed by atoms with Crippen LogP contribution in [0, 0.1) is 6.92 Å². The summed E-state index contributed by atoms with van der Waals surface area (Å²) < 4.78 is 6.23. The minimum atomic E-state index is 0.00470. The van der Waals surface area contributed by atoms with E-state index in [1.54, 1.807) is 0 Å². The molecule has 0 bridgehead atoms. The Hall–Kier alpha value is -3.98. The third kappa shape index (κ3) is 3.23. The zero-order valence-corrected chi connectivity index (χ0v) is 17.8. The van der Waals surface area contributed by atoms with Gasteiger partial charge in [-0.1, -0.05) is 84.9 Å². The second kappa shape index (κ2) is 7.61. The average Bonchev–Trinajstić information content (AvgIpc) is 3.22. The molecule has 2 atom stereocenters. The minimum absolute atomic E-state index is 0.00470. The van der Waals surface area contributed by atoms with E-state index >= 15 is 0 Å². The minimum Gasteiger partial charge on any atom is -0.461 e. The van der Waals surface area contributed by atoms with Crippen molar-refractivity contribution in [2.24, 2.45) is 0 Å². The second-order valence-corrected chi connectivity index (χ2v) is 8.33. The van der Waals surface area contributed by atoms with E-state index in [0.717, 1.165) is 39.8 Å². The molecule has 0 N–H and O–H groups in total. The molecule has 3 nitrogen and oxygen atoms in total. The van der Waals surface area contributed by atoms with Crippen molar-refractivity contribution in [3.63, 3.8) is 0 Å². The fourth-order valence-electron chi connectivity index (χ4n) is 4.58. The summed E-state index contributed by atoms with van der Waals surface area (Å²) in [4.78, 5) is 10.1. The molecule has 3 heteroatoms. The number of allylic oxidation sites excluding steroid dienone is 4. The topological polar surface area (TPSA) is 35.0 Å². The third-order valence-electron chi connectivity index (χ3n) is 6.16. The van der Waals surface area contributed by atoms with Gasteiger partial charge in [-0.3, -0.25) is 0 Å². The molecule has 3 aromatic carbocycles. The molecule has 32 heavy (non-hydrogen) atoms. The molecule has 2 aliphatic rings. The highest BCUT2D eigenvalue weighted by Gasteiger charge is 2.38. The summed E-state index contributed by atoms with van der Waals surface area (Å²) in [5.74, 6) is 2.81. The summed E-state index contributed by atoms with van der Waals surface area (Å²) in [7, 11) is 0. The molecule has 1 aliphatic carbocycles. The van der Waals surface area contributed by atoms with Crippen molar-refractivity contribution < 1.29 is 4.74 Å². The Morgan fingerprint density at radius 2 is 1.41 bits per heavy atom. The zero-order chi connectivity index (χ0) is 21.5. The van der Waals surface area contributed by atoms with Gasteiger partial charge in [0.05, 0.1) is 23.2 Å². The van der Waals surface area contributed by atoms with Crippen molar-refractivity contribution in [1.82, 2.24) is 9.97 Å². The van der Waals surface area contributed by atoms with E-state index in [1.165, 1.54) is 11.1 Å². The van der Waals surface area contributed by atoms with Crippen molar-refractivity contribution in [2.45, 2.75) is 18.8 Å². The quantitative estimate of drug-likeness (QED) is 0.368. The summed E-state index contributed by atoms with van der Waals surface area (Å²) in [6.45, 7) is 2.09. The Kier molecular flexibility index (Phi) is 4.46. The molecular formula is C29H22N2O. The standard InChI is InChI=1S/C29H22N2O/c1-19-15-16-22-27(17-19)32-26-14-8-13-23(28(22)26)29-30-24(20-9-4-2-5-10-20)18-25(31-29)21-11-6-3-7-12-21/h2-18,23,28H,1H3. The van der Waals surface area contributed by atoms with Crippen molar-refractivity contribution in [2.75, 3.05) is 0 Å². The van der Waals surface area contributed by atoms with E-state index in [1.807, 2.05) is 36.4 Å². The Bertz CT molecular complexity index is 1300. The molecule has 6 rings (SSSR count). The van der Waals surface area contributed by atoms with E-state index in [4.69, 9.17) is 14.7 Å². The van der Waals surface area contributed by atoms with Gasteiger partial charge in [0, 0.05) is 16.7 Å². The number of aromatic nitrogens is 2. The van der Waals surface area contributed by atoms with E-state index in [0.29, 0.717) is 0 Å². The van der Waals surface area contributed by atoms with E-state index in [2.05, 4.69) is 73.7 Å². The fourth-order valence-corrected chi connectivity index (χ4v) is 4.58. The van der Waals surface area contributed by atoms with Gasteiger partial charge in [-0.2, -0.15) is 0 Å². The first-order valence-corrected chi connectivity index (χ1v) is 10.9. The van der Waals surface area contributed by atoms with Crippen LogP contribution in [0.2, 0.25) is 0 Å². The van der Waals surface area contributed by atoms with Gasteiger partial charge >= 0.3 is 0 Å². The molecule has 1 aliphatic heterocycles. The molecule has 154 valence electrons. The number of hydrogen-bond acceptors (Lipinski definition) is 3. The molecule has 0 amide bonds. The van der Waals surface area contributed by atoms with Gasteiger partial charge in [0.15, 0.2) is 0 Å². The lowest BCUT2D eigenvalue weighted by atomic mass is 9.82. The van der Waals surface area contributed by atoms with Crippen LogP contribution in [-0.4, -0.2) is 9.97 Å². The Morgan fingerprint density at radius 3 is 2.06 bits per heavy atom. The number of hydrogen-bond donors (Lipinski definition) is 0. The smallest absolute Gasteiger partial charge is 0.137 e. The van der Waals surface area contributed by atoms with Gasteiger partial charge in [-0.05, 0) is 30.7 Å². The molecule has 0 saturated heterocycles. The van der Waals surface area contributed by atoms with Crippen LogP contribution in [-0.2, 0) is 0 Å². The lowest BCUT2D eigenvalue weighted by molar-refractivity contribution is 0.414. The largest absolute Gasteiger partial charge is 0.461 e. The lowest BCUT2D eigenvalue weighted by Crippen LogP contribution is -2.15. The van der Waals surface area contributed by atoms with Gasteiger partial charge in [0.2, 0.25) is 0 Å². The summed E-state index contributed by atoms with van der Waals surface area (Å²) in [5, 5.41) is 0. The SMILES string of the molecule is Cc1ccc2c(c1)OC1=CC=CC(c3nc(-c4ccccc4)cc(-c4ccccc4)n3)C12. The number of rotatable bonds is 3. The van der Waals surface area contributed by atoms with Crippen molar-refractivity contribution in [3.05, 3.63) is 126 Å². The predicted octanol–water partition coefficient (Wildman–Crippen LogP) is 6.83. The van der Waals surface area contributed by atoms with Crippen LogP contribution < -0.4 is 4.74 Å². The first-order chi connectivity index (χ1) is 15.8. The number of nitrogens with zero attached hydrogens (tertiary/aromatic N) is 2. The molecule has 0 radical (unpaired) electrons. The van der Waals surface area contributed by atoms with Crippen molar-refractivity contribution in [1.29, 1.82) is 0 Å². The summed E-state index contributed by atoms with van der Waals surface area (Å²) in [6.07, 6.45) is 6.33. The number of fused-ring (bicyclic) bond motifs is 3. The van der Waals surface area contributed by atoms with Crippen LogP contribution in [0.1, 0.15) is 28.8 Å². The molecule has 1 aromatic heterocycles. The van der Waals surface area contributed by atoms with Crippen LogP contribution in [0.25, 0.3) is 22.5 Å². The zero-order valence-electron chi connectivity index (χ0n) is 17.8. The maximum Gasteiger partial charge on any atom is 0.137 e. The van der Waals surface area contributed by atoms with Gasteiger partial charge in [0.25, 0.3) is 0 Å². The number of aryl methyl sites for hydroxylation is 1. The van der Waals surface area contributed by atoms with Gasteiger partial charge in [0.1, 0.15) is 17.3 Å². The average molecular weight is 415 g/mol. The van der Waals surface area contributed by atoms with Crippen LogP contribution >= 0.6 is 0 Å². The Morgan fingerprint density at radius 1 is 0.750 bits per heavy atom. The molecule has 2 unspecified atom stereocenters. The highest BCUT2D eigenvalue weighted by atomic mass is 16.5. The first-order valence-electron chi connectivity index (χ1n) is 10.9. The first kappa shape index (κ1) is 18.8. The van der Waals surface area contributed by atoms with Crippen LogP contribution in [0.15, 0.2) is 109 Å². The maximum atomic E-state index is 6.23. The van der Waals surface area contributed by atoms with Gasteiger partial charge < -0.3 is 4.74 Å². The lowest BCUT2D eigenvalue weighted by Gasteiger charge is -2.23. The summed E-state index contributed by atoms with van der Waals surface area (Å²) in [5.41, 5.74) is 6.43. The summed E-state index contributed by atoms with van der Waals surface area (Å²) >= 11 is 0.